The van der Waals surface area contributed by atoms with E-state index >= 15 is 0 Å². The molecule has 0 saturated carbocycles. The van der Waals surface area contributed by atoms with Crippen LogP contribution in [-0.2, 0) is 22.7 Å². The van der Waals surface area contributed by atoms with E-state index in [0.29, 0.717) is 24.6 Å². The van der Waals surface area contributed by atoms with Crippen molar-refractivity contribution in [1.82, 2.24) is 4.90 Å². The first kappa shape index (κ1) is 19.2. The Balaban J connectivity index is 1.51. The lowest BCUT2D eigenvalue weighted by Crippen LogP contribution is -2.36. The van der Waals surface area contributed by atoms with Gasteiger partial charge in [-0.05, 0) is 35.4 Å². The lowest BCUT2D eigenvalue weighted by Gasteiger charge is -2.16. The second-order valence-electron chi connectivity index (χ2n) is 6.40. The van der Waals surface area contributed by atoms with Gasteiger partial charge in [0.25, 0.3) is 0 Å². The normalized spacial score (nSPS) is 10.2. The van der Waals surface area contributed by atoms with Gasteiger partial charge in [-0.25, -0.2) is 0 Å². The Morgan fingerprint density at radius 3 is 2.00 bits per heavy atom. The molecule has 142 valence electrons. The van der Waals surface area contributed by atoms with Crippen LogP contribution in [0.5, 0.6) is 5.75 Å². The van der Waals surface area contributed by atoms with Crippen molar-refractivity contribution in [3.63, 3.8) is 0 Å². The van der Waals surface area contributed by atoms with Crippen LogP contribution in [0.3, 0.4) is 0 Å². The number of carbonyl (C=O) groups excluding carboxylic acids is 2. The van der Waals surface area contributed by atoms with Gasteiger partial charge < -0.3 is 15.0 Å². The van der Waals surface area contributed by atoms with Crippen molar-refractivity contribution in [2.45, 2.75) is 13.2 Å². The third-order valence-electron chi connectivity index (χ3n) is 4.16. The summed E-state index contributed by atoms with van der Waals surface area (Å²) in [5, 5.41) is 2.62. The molecule has 0 heterocycles. The van der Waals surface area contributed by atoms with Crippen LogP contribution in [0.25, 0.3) is 0 Å². The van der Waals surface area contributed by atoms with Gasteiger partial charge in [0.2, 0.25) is 0 Å². The molecule has 0 fully saturated rings. The number of nitrogens with one attached hydrogen (secondary N) is 1. The Morgan fingerprint density at radius 1 is 0.821 bits per heavy atom. The number of anilines is 1. The van der Waals surface area contributed by atoms with E-state index in [-0.39, 0.29) is 0 Å². The highest BCUT2D eigenvalue weighted by Gasteiger charge is 2.18. The second-order valence-corrected chi connectivity index (χ2v) is 6.40. The van der Waals surface area contributed by atoms with E-state index in [4.69, 9.17) is 4.74 Å². The third-order valence-corrected chi connectivity index (χ3v) is 4.16. The first-order chi connectivity index (χ1) is 13.6. The third kappa shape index (κ3) is 5.45. The van der Waals surface area contributed by atoms with E-state index in [9.17, 15) is 9.59 Å². The monoisotopic (exact) mass is 374 g/mol. The molecule has 0 aliphatic rings. The van der Waals surface area contributed by atoms with Gasteiger partial charge in [-0.15, -0.1) is 0 Å². The zero-order valence-corrected chi connectivity index (χ0v) is 15.7. The van der Waals surface area contributed by atoms with Gasteiger partial charge in [0.05, 0.1) is 0 Å². The zero-order chi connectivity index (χ0) is 19.8. The Kier molecular flexibility index (Phi) is 6.41. The van der Waals surface area contributed by atoms with Crippen LogP contribution in [0, 0.1) is 0 Å². The zero-order valence-electron chi connectivity index (χ0n) is 15.7. The molecule has 0 atom stereocenters. The van der Waals surface area contributed by atoms with E-state index in [1.165, 1.54) is 4.90 Å². The number of amides is 2. The van der Waals surface area contributed by atoms with Crippen molar-refractivity contribution in [3.05, 3.63) is 96.1 Å². The predicted molar refractivity (Wildman–Crippen MR) is 109 cm³/mol. The maximum atomic E-state index is 12.3. The van der Waals surface area contributed by atoms with Crippen molar-refractivity contribution in [3.8, 4) is 5.75 Å². The fourth-order valence-corrected chi connectivity index (χ4v) is 2.66. The summed E-state index contributed by atoms with van der Waals surface area (Å²) in [4.78, 5) is 25.9. The Hall–Kier alpha value is -3.60. The number of likely N-dealkylation sites (N-methyl/N-ethyl adjacent to an activating group) is 1. The van der Waals surface area contributed by atoms with Crippen molar-refractivity contribution >= 4 is 17.5 Å². The Bertz CT molecular complexity index is 910. The van der Waals surface area contributed by atoms with Gasteiger partial charge in [0, 0.05) is 19.3 Å². The van der Waals surface area contributed by atoms with Crippen LogP contribution in [0.15, 0.2) is 84.9 Å². The highest BCUT2D eigenvalue weighted by Crippen LogP contribution is 2.17. The average Bonchev–Trinajstić information content (AvgIpc) is 2.74. The summed E-state index contributed by atoms with van der Waals surface area (Å²) in [5.74, 6) is -0.570. The fourth-order valence-electron chi connectivity index (χ4n) is 2.66. The standard InChI is InChI=1S/C23H22N2O3/c1-25(16-18-8-4-2-5-9-18)23(27)22(26)24-20-12-14-21(15-13-20)28-17-19-10-6-3-7-11-19/h2-15H,16-17H2,1H3,(H,24,26). The maximum absolute atomic E-state index is 12.3. The van der Waals surface area contributed by atoms with E-state index in [1.807, 2.05) is 60.7 Å². The van der Waals surface area contributed by atoms with E-state index in [0.717, 1.165) is 11.1 Å². The predicted octanol–water partition coefficient (Wildman–Crippen LogP) is 3.86. The second kappa shape index (κ2) is 9.37. The molecule has 0 aliphatic heterocycles. The first-order valence-electron chi connectivity index (χ1n) is 8.99. The molecule has 3 aromatic rings. The highest BCUT2D eigenvalue weighted by molar-refractivity contribution is 6.39. The number of ether oxygens (including phenoxy) is 1. The van der Waals surface area contributed by atoms with Crippen LogP contribution >= 0.6 is 0 Å². The topological polar surface area (TPSA) is 58.6 Å². The van der Waals surface area contributed by atoms with Gasteiger partial charge in [0.15, 0.2) is 0 Å². The fraction of sp³-hybridized carbons (Fsp3) is 0.130. The largest absolute Gasteiger partial charge is 0.489 e. The molecule has 5 heteroatoms. The number of hydrogen-bond acceptors (Lipinski definition) is 3. The molecule has 5 nitrogen and oxygen atoms in total. The molecule has 2 amide bonds. The minimum Gasteiger partial charge on any atom is -0.489 e. The van der Waals surface area contributed by atoms with Gasteiger partial charge >= 0.3 is 11.8 Å². The molecule has 0 unspecified atom stereocenters. The van der Waals surface area contributed by atoms with Crippen molar-refractivity contribution < 1.29 is 14.3 Å². The number of benzene rings is 3. The lowest BCUT2D eigenvalue weighted by atomic mass is 10.2. The number of rotatable bonds is 6. The number of carbonyl (C=O) groups is 2. The molecule has 0 bridgehead atoms. The molecule has 3 rings (SSSR count). The van der Waals surface area contributed by atoms with Gasteiger partial charge in [-0.2, -0.15) is 0 Å². The van der Waals surface area contributed by atoms with Crippen molar-refractivity contribution in [2.75, 3.05) is 12.4 Å². The molecule has 28 heavy (non-hydrogen) atoms. The number of nitrogens with zero attached hydrogens (tertiary/aromatic N) is 1. The van der Waals surface area contributed by atoms with Crippen LogP contribution in [-0.4, -0.2) is 23.8 Å². The van der Waals surface area contributed by atoms with Crippen LogP contribution in [0.4, 0.5) is 5.69 Å². The van der Waals surface area contributed by atoms with E-state index in [2.05, 4.69) is 5.32 Å². The van der Waals surface area contributed by atoms with Crippen LogP contribution in [0.2, 0.25) is 0 Å². The Labute approximate surface area is 164 Å². The summed E-state index contributed by atoms with van der Waals surface area (Å²) < 4.78 is 5.72. The van der Waals surface area contributed by atoms with E-state index in [1.54, 1.807) is 31.3 Å². The summed E-state index contributed by atoms with van der Waals surface area (Å²) in [5.41, 5.74) is 2.58. The molecule has 0 radical (unpaired) electrons. The molecular weight excluding hydrogens is 352 g/mol. The van der Waals surface area contributed by atoms with Crippen LogP contribution in [0.1, 0.15) is 11.1 Å². The molecular formula is C23H22N2O3. The minimum atomic E-state index is -0.670. The molecule has 0 aromatic heterocycles. The maximum Gasteiger partial charge on any atom is 0.313 e. The SMILES string of the molecule is CN(Cc1ccccc1)C(=O)C(=O)Nc1ccc(OCc2ccccc2)cc1. The Morgan fingerprint density at radius 2 is 1.39 bits per heavy atom. The number of hydrogen-bond donors (Lipinski definition) is 1. The average molecular weight is 374 g/mol. The summed E-state index contributed by atoms with van der Waals surface area (Å²) in [6.45, 7) is 0.842. The van der Waals surface area contributed by atoms with Gasteiger partial charge in [0.1, 0.15) is 12.4 Å². The molecule has 3 aromatic carbocycles. The smallest absolute Gasteiger partial charge is 0.313 e. The summed E-state index contributed by atoms with van der Waals surface area (Å²) >= 11 is 0. The molecule has 1 N–H and O–H groups in total. The molecule has 0 saturated heterocycles. The molecule has 0 spiro atoms. The quantitative estimate of drug-likeness (QED) is 0.667. The lowest BCUT2D eigenvalue weighted by molar-refractivity contribution is -0.142. The minimum absolute atomic E-state index is 0.374. The first-order valence-corrected chi connectivity index (χ1v) is 8.99. The van der Waals surface area contributed by atoms with Crippen molar-refractivity contribution in [1.29, 1.82) is 0 Å². The van der Waals surface area contributed by atoms with E-state index < -0.39 is 11.8 Å². The van der Waals surface area contributed by atoms with Gasteiger partial charge in [-0.3, -0.25) is 9.59 Å². The van der Waals surface area contributed by atoms with Crippen LogP contribution < -0.4 is 10.1 Å². The highest BCUT2D eigenvalue weighted by atomic mass is 16.5. The van der Waals surface area contributed by atoms with Gasteiger partial charge in [-0.1, -0.05) is 60.7 Å². The summed E-state index contributed by atoms with van der Waals surface area (Å²) in [7, 11) is 1.61. The summed E-state index contributed by atoms with van der Waals surface area (Å²) in [6.07, 6.45) is 0. The van der Waals surface area contributed by atoms with Crippen molar-refractivity contribution in [2.24, 2.45) is 0 Å². The molecule has 0 aliphatic carbocycles. The summed E-state index contributed by atoms with van der Waals surface area (Å²) in [6, 6.07) is 26.3.